The van der Waals surface area contributed by atoms with Crippen molar-refractivity contribution in [2.75, 3.05) is 0 Å². The van der Waals surface area contributed by atoms with Gasteiger partial charge in [-0.2, -0.15) is 5.26 Å². The minimum Gasteiger partial charge on any atom is -0.536 e. The summed E-state index contributed by atoms with van der Waals surface area (Å²) >= 11 is 0. The van der Waals surface area contributed by atoms with E-state index in [0.717, 1.165) is 17.5 Å². The lowest BCUT2D eigenvalue weighted by molar-refractivity contribution is 0.397. The van der Waals surface area contributed by atoms with Crippen molar-refractivity contribution in [3.8, 4) is 11.8 Å². The first-order valence-corrected chi connectivity index (χ1v) is 4.59. The first kappa shape index (κ1) is 9.10. The van der Waals surface area contributed by atoms with Crippen LogP contribution in [0.1, 0.15) is 16.7 Å². The molecule has 4 heteroatoms. The molecule has 1 heterocycles. The molecule has 1 aliphatic heterocycles. The van der Waals surface area contributed by atoms with Crippen molar-refractivity contribution in [3.63, 3.8) is 0 Å². The van der Waals surface area contributed by atoms with E-state index in [-0.39, 0.29) is 0 Å². The highest BCUT2D eigenvalue weighted by Gasteiger charge is 2.25. The fourth-order valence-electron chi connectivity index (χ4n) is 1.70. The van der Waals surface area contributed by atoms with Crippen LogP contribution in [-0.4, -0.2) is 12.1 Å². The fourth-order valence-corrected chi connectivity index (χ4v) is 1.70. The molecule has 0 bridgehead atoms. The molecule has 0 unspecified atom stereocenters. The van der Waals surface area contributed by atoms with Gasteiger partial charge in [0.1, 0.15) is 5.75 Å². The quantitative estimate of drug-likeness (QED) is 0.622. The van der Waals surface area contributed by atoms with E-state index < -0.39 is 7.12 Å². The van der Waals surface area contributed by atoms with Crippen LogP contribution in [0.4, 0.5) is 0 Å². The van der Waals surface area contributed by atoms with Gasteiger partial charge in [0.05, 0.1) is 11.6 Å². The molecule has 70 valence electrons. The predicted octanol–water partition coefficient (Wildman–Crippen LogP) is 1.28. The molecule has 0 spiro atoms. The molecule has 0 saturated heterocycles. The van der Waals surface area contributed by atoms with Gasteiger partial charge in [-0.05, 0) is 31.3 Å². The van der Waals surface area contributed by atoms with Crippen molar-refractivity contribution in [2.45, 2.75) is 19.7 Å². The van der Waals surface area contributed by atoms with Crippen LogP contribution >= 0.6 is 0 Å². The van der Waals surface area contributed by atoms with Crippen LogP contribution in [-0.2, 0) is 6.42 Å². The molecule has 3 nitrogen and oxygen atoms in total. The van der Waals surface area contributed by atoms with Gasteiger partial charge in [-0.3, -0.25) is 0 Å². The summed E-state index contributed by atoms with van der Waals surface area (Å²) in [5, 5.41) is 18.2. The highest BCUT2D eigenvalue weighted by atomic mass is 16.5. The van der Waals surface area contributed by atoms with Crippen LogP contribution in [0.5, 0.6) is 5.75 Å². The zero-order chi connectivity index (χ0) is 10.1. The zero-order valence-electron chi connectivity index (χ0n) is 7.95. The number of hydrogen-bond donors (Lipinski definition) is 1. The van der Waals surface area contributed by atoms with E-state index in [0.29, 0.717) is 17.6 Å². The van der Waals surface area contributed by atoms with Crippen molar-refractivity contribution in [2.24, 2.45) is 0 Å². The largest absolute Gasteiger partial charge is 0.536 e. The molecular weight excluding hydrogens is 177 g/mol. The number of aryl methyl sites for hydroxylation is 1. The molecule has 1 aliphatic rings. The lowest BCUT2D eigenvalue weighted by atomic mass is 9.78. The summed E-state index contributed by atoms with van der Waals surface area (Å²) in [5.41, 5.74) is 2.51. The van der Waals surface area contributed by atoms with Crippen LogP contribution in [0.3, 0.4) is 0 Å². The molecule has 14 heavy (non-hydrogen) atoms. The van der Waals surface area contributed by atoms with Gasteiger partial charge >= 0.3 is 7.12 Å². The van der Waals surface area contributed by atoms with Gasteiger partial charge in [0, 0.05) is 5.56 Å². The van der Waals surface area contributed by atoms with Crippen LogP contribution in [0, 0.1) is 18.3 Å². The van der Waals surface area contributed by atoms with E-state index in [1.165, 1.54) is 0 Å². The summed E-state index contributed by atoms with van der Waals surface area (Å²) in [5.74, 6) is 0.683. The normalized spacial score (nSPS) is 14.2. The Morgan fingerprint density at radius 3 is 3.07 bits per heavy atom. The molecule has 0 atom stereocenters. The highest BCUT2D eigenvalue weighted by molar-refractivity contribution is 6.44. The van der Waals surface area contributed by atoms with Crippen LogP contribution in [0.2, 0.25) is 6.32 Å². The second-order valence-corrected chi connectivity index (χ2v) is 3.45. The summed E-state index contributed by atoms with van der Waals surface area (Å²) in [6, 6.07) is 5.79. The third-order valence-corrected chi connectivity index (χ3v) is 2.52. The lowest BCUT2D eigenvalue weighted by Crippen LogP contribution is -2.27. The number of benzene rings is 1. The van der Waals surface area contributed by atoms with E-state index in [9.17, 15) is 5.02 Å². The Balaban J connectivity index is 2.52. The minimum absolute atomic E-state index is 0.609. The van der Waals surface area contributed by atoms with Crippen molar-refractivity contribution >= 4 is 7.12 Å². The molecular formula is C10H10BNO2. The molecule has 0 saturated carbocycles. The summed E-state index contributed by atoms with van der Waals surface area (Å²) < 4.78 is 5.31. The molecule has 1 aromatic rings. The van der Waals surface area contributed by atoms with E-state index >= 15 is 0 Å². The molecule has 1 N–H and O–H groups in total. The Hall–Kier alpha value is -1.47. The number of nitrogens with zero attached hydrogens (tertiary/aromatic N) is 1. The van der Waals surface area contributed by atoms with Gasteiger partial charge in [-0.15, -0.1) is 0 Å². The van der Waals surface area contributed by atoms with E-state index in [4.69, 9.17) is 9.92 Å². The molecule has 0 radical (unpaired) electrons. The molecule has 0 fully saturated rings. The van der Waals surface area contributed by atoms with Crippen LogP contribution < -0.4 is 4.65 Å². The summed E-state index contributed by atoms with van der Waals surface area (Å²) in [6.07, 6.45) is 1.43. The Morgan fingerprint density at radius 1 is 1.57 bits per heavy atom. The monoisotopic (exact) mass is 187 g/mol. The fraction of sp³-hybridized carbons (Fsp3) is 0.300. The molecule has 1 aromatic carbocycles. The third-order valence-electron chi connectivity index (χ3n) is 2.52. The Bertz CT molecular complexity index is 411. The van der Waals surface area contributed by atoms with Gasteiger partial charge in [-0.1, -0.05) is 6.07 Å². The SMILES string of the molecule is Cc1c(C#N)ccc2c1OB(O)CC2. The number of hydrogen-bond acceptors (Lipinski definition) is 3. The minimum atomic E-state index is -0.727. The molecule has 0 aromatic heterocycles. The molecule has 0 amide bonds. The number of rotatable bonds is 0. The van der Waals surface area contributed by atoms with Gasteiger partial charge in [-0.25, -0.2) is 0 Å². The van der Waals surface area contributed by atoms with Crippen molar-refractivity contribution < 1.29 is 9.68 Å². The standard InChI is InChI=1S/C10H10BNO2/c1-7-9(6-12)3-2-8-4-5-11(13)14-10(7)8/h2-3,13H,4-5H2,1H3. The lowest BCUT2D eigenvalue weighted by Gasteiger charge is -2.21. The van der Waals surface area contributed by atoms with Gasteiger partial charge in [0.15, 0.2) is 0 Å². The van der Waals surface area contributed by atoms with Crippen LogP contribution in [0.15, 0.2) is 12.1 Å². The van der Waals surface area contributed by atoms with Crippen molar-refractivity contribution in [1.82, 2.24) is 0 Å². The van der Waals surface area contributed by atoms with Crippen molar-refractivity contribution in [3.05, 3.63) is 28.8 Å². The third kappa shape index (κ3) is 1.36. The summed E-state index contributed by atoms with van der Waals surface area (Å²) in [4.78, 5) is 0. The zero-order valence-corrected chi connectivity index (χ0v) is 7.95. The van der Waals surface area contributed by atoms with Gasteiger partial charge in [0.2, 0.25) is 0 Å². The van der Waals surface area contributed by atoms with E-state index in [1.807, 2.05) is 13.0 Å². The summed E-state index contributed by atoms with van der Waals surface area (Å²) in [7, 11) is -0.727. The maximum atomic E-state index is 9.34. The Kier molecular flexibility index (Phi) is 2.18. The Morgan fingerprint density at radius 2 is 2.36 bits per heavy atom. The first-order chi connectivity index (χ1) is 6.72. The average Bonchev–Trinajstić information content (AvgIpc) is 2.20. The first-order valence-electron chi connectivity index (χ1n) is 4.59. The van der Waals surface area contributed by atoms with E-state index in [2.05, 4.69) is 6.07 Å². The highest BCUT2D eigenvalue weighted by Crippen LogP contribution is 2.31. The molecule has 0 aliphatic carbocycles. The average molecular weight is 187 g/mol. The van der Waals surface area contributed by atoms with Crippen molar-refractivity contribution in [1.29, 1.82) is 5.26 Å². The maximum Gasteiger partial charge on any atom is 0.522 e. The Labute approximate surface area is 83.1 Å². The van der Waals surface area contributed by atoms with E-state index in [1.54, 1.807) is 6.07 Å². The molecule has 2 rings (SSSR count). The second-order valence-electron chi connectivity index (χ2n) is 3.45. The second kappa shape index (κ2) is 3.35. The topological polar surface area (TPSA) is 53.2 Å². The maximum absolute atomic E-state index is 9.34. The smallest absolute Gasteiger partial charge is 0.522 e. The summed E-state index contributed by atoms with van der Waals surface area (Å²) in [6.45, 7) is 1.84. The van der Waals surface area contributed by atoms with Crippen LogP contribution in [0.25, 0.3) is 0 Å². The predicted molar refractivity (Wildman–Crippen MR) is 53.0 cm³/mol. The number of nitriles is 1. The van der Waals surface area contributed by atoms with Gasteiger partial charge in [0.25, 0.3) is 0 Å². The van der Waals surface area contributed by atoms with Gasteiger partial charge < -0.3 is 9.68 Å². The number of fused-ring (bicyclic) bond motifs is 1.